The zero-order valence-corrected chi connectivity index (χ0v) is 23.4. The predicted molar refractivity (Wildman–Crippen MR) is 153 cm³/mol. The molecule has 0 aliphatic heterocycles. The monoisotopic (exact) mass is 590 g/mol. The van der Waals surface area contributed by atoms with Gasteiger partial charge in [-0.15, -0.1) is 0 Å². The summed E-state index contributed by atoms with van der Waals surface area (Å²) in [4.78, 5) is 18.1. The zero-order valence-electron chi connectivity index (χ0n) is 21.8. The van der Waals surface area contributed by atoms with Crippen LogP contribution in [-0.4, -0.2) is 50.0 Å². The molecule has 4 aromatic rings. The molecule has 10 nitrogen and oxygen atoms in total. The fourth-order valence-electron chi connectivity index (χ4n) is 3.71. The molecule has 0 atom stereocenters. The van der Waals surface area contributed by atoms with Crippen LogP contribution in [0.3, 0.4) is 0 Å². The van der Waals surface area contributed by atoms with Crippen molar-refractivity contribution in [1.82, 2.24) is 9.29 Å². The molecule has 41 heavy (non-hydrogen) atoms. The van der Waals surface area contributed by atoms with E-state index >= 15 is 0 Å². The molecule has 3 aromatic carbocycles. The lowest BCUT2D eigenvalue weighted by atomic mass is 10.2. The number of fused-ring (bicyclic) bond motifs is 1. The molecule has 0 radical (unpaired) electrons. The van der Waals surface area contributed by atoms with E-state index in [4.69, 9.17) is 15.3 Å². The second kappa shape index (κ2) is 13.1. The average molecular weight is 591 g/mol. The normalized spacial score (nSPS) is 11.4. The fourth-order valence-corrected chi connectivity index (χ4v) is 6.11. The molecule has 0 N–H and O–H groups in total. The lowest BCUT2D eigenvalue weighted by Crippen LogP contribution is -2.33. The number of methoxy groups -OCH3 is 1. The topological polar surface area (TPSA) is 140 Å². The van der Waals surface area contributed by atoms with Crippen LogP contribution in [0.15, 0.2) is 76.7 Å². The van der Waals surface area contributed by atoms with Gasteiger partial charge in [0, 0.05) is 31.5 Å². The van der Waals surface area contributed by atoms with E-state index in [1.807, 2.05) is 12.1 Å². The lowest BCUT2D eigenvalue weighted by molar-refractivity contribution is 0.0987. The molecule has 0 unspecified atom stereocenters. The van der Waals surface area contributed by atoms with E-state index in [1.165, 1.54) is 66.1 Å². The van der Waals surface area contributed by atoms with E-state index < -0.39 is 21.7 Å². The van der Waals surface area contributed by atoms with Crippen molar-refractivity contribution in [2.45, 2.75) is 17.7 Å². The minimum Gasteiger partial charge on any atom is -0.497 e. The summed E-state index contributed by atoms with van der Waals surface area (Å²) in [6.45, 7) is -0.120. The molecule has 13 heteroatoms. The molecule has 0 saturated carbocycles. The van der Waals surface area contributed by atoms with Gasteiger partial charge in [-0.2, -0.15) is 24.9 Å². The number of hydrogen-bond acceptors (Lipinski definition) is 9. The number of carbonyl (C=O) groups is 1. The first-order valence-electron chi connectivity index (χ1n) is 12.2. The van der Waals surface area contributed by atoms with Crippen molar-refractivity contribution in [3.8, 4) is 17.9 Å². The second-order valence-electron chi connectivity index (χ2n) is 8.49. The molecule has 0 bridgehead atoms. The summed E-state index contributed by atoms with van der Waals surface area (Å²) < 4.78 is 46.8. The van der Waals surface area contributed by atoms with Crippen LogP contribution < -0.4 is 9.75 Å². The number of amides is 1. The maximum absolute atomic E-state index is 13.7. The van der Waals surface area contributed by atoms with Crippen LogP contribution in [0.4, 0.5) is 9.52 Å². The van der Waals surface area contributed by atoms with E-state index in [0.29, 0.717) is 16.8 Å². The SMILES string of the molecule is COc1ccc2nc(N(/N=C/c3ccc(F)cc3)C(=O)c3ccc(S(=O)(=O)N(CCC#N)CCC#N)cc3)sc2c1. The van der Waals surface area contributed by atoms with Crippen LogP contribution in [-0.2, 0) is 10.0 Å². The number of aromatic nitrogens is 1. The molecule has 208 valence electrons. The molecular formula is C28H23FN6O4S2. The minimum absolute atomic E-state index is 0.0315. The molecule has 1 aromatic heterocycles. The van der Waals surface area contributed by atoms with Crippen molar-refractivity contribution in [3.05, 3.63) is 83.7 Å². The van der Waals surface area contributed by atoms with Crippen molar-refractivity contribution < 1.29 is 22.3 Å². The van der Waals surface area contributed by atoms with Crippen LogP contribution in [0.1, 0.15) is 28.8 Å². The van der Waals surface area contributed by atoms with Gasteiger partial charge in [-0.05, 0) is 60.2 Å². The summed E-state index contributed by atoms with van der Waals surface area (Å²) >= 11 is 1.21. The number of hydrazone groups is 1. The zero-order chi connectivity index (χ0) is 29.4. The molecule has 0 aliphatic carbocycles. The van der Waals surface area contributed by atoms with E-state index in [9.17, 15) is 17.6 Å². The molecule has 0 saturated heterocycles. The van der Waals surface area contributed by atoms with Gasteiger partial charge in [0.25, 0.3) is 5.91 Å². The number of anilines is 1. The Hall–Kier alpha value is -4.69. The Bertz CT molecular complexity index is 1740. The van der Waals surface area contributed by atoms with Crippen molar-refractivity contribution in [3.63, 3.8) is 0 Å². The lowest BCUT2D eigenvalue weighted by Gasteiger charge is -2.20. The molecular weight excluding hydrogens is 567 g/mol. The van der Waals surface area contributed by atoms with Gasteiger partial charge >= 0.3 is 0 Å². The Morgan fingerprint density at radius 3 is 2.32 bits per heavy atom. The Labute approximate surface area is 240 Å². The molecule has 0 spiro atoms. The summed E-state index contributed by atoms with van der Waals surface area (Å²) in [5, 5.41) is 23.5. The summed E-state index contributed by atoms with van der Waals surface area (Å²) in [6.07, 6.45) is 1.33. The van der Waals surface area contributed by atoms with E-state index in [2.05, 4.69) is 10.1 Å². The minimum atomic E-state index is -4.01. The largest absolute Gasteiger partial charge is 0.497 e. The second-order valence-corrected chi connectivity index (χ2v) is 11.4. The van der Waals surface area contributed by atoms with Gasteiger partial charge in [0.2, 0.25) is 15.2 Å². The Morgan fingerprint density at radius 1 is 1.05 bits per heavy atom. The summed E-state index contributed by atoms with van der Waals surface area (Å²) in [5.74, 6) is -0.371. The smallest absolute Gasteiger partial charge is 0.280 e. The first kappa shape index (κ1) is 29.3. The third-order valence-corrected chi connectivity index (χ3v) is 8.74. The first-order chi connectivity index (χ1) is 19.8. The summed E-state index contributed by atoms with van der Waals surface area (Å²) in [7, 11) is -2.47. The van der Waals surface area contributed by atoms with E-state index in [0.717, 1.165) is 14.0 Å². The number of benzene rings is 3. The van der Waals surface area contributed by atoms with Crippen LogP contribution in [0.2, 0.25) is 0 Å². The van der Waals surface area contributed by atoms with Gasteiger partial charge in [-0.3, -0.25) is 4.79 Å². The van der Waals surface area contributed by atoms with Gasteiger partial charge in [0.05, 0.1) is 40.6 Å². The summed E-state index contributed by atoms with van der Waals surface area (Å²) in [5.41, 5.74) is 1.30. The first-order valence-corrected chi connectivity index (χ1v) is 14.4. The number of nitrogens with zero attached hydrogens (tertiary/aromatic N) is 6. The number of hydrogen-bond donors (Lipinski definition) is 0. The van der Waals surface area contributed by atoms with E-state index in [-0.39, 0.29) is 41.5 Å². The van der Waals surface area contributed by atoms with Crippen molar-refractivity contribution in [2.24, 2.45) is 5.10 Å². The molecule has 1 amide bonds. The fraction of sp³-hybridized carbons (Fsp3) is 0.179. The Kier molecular flexibility index (Phi) is 9.37. The van der Waals surface area contributed by atoms with Crippen molar-refractivity contribution >= 4 is 48.8 Å². The van der Waals surface area contributed by atoms with Gasteiger partial charge in [0.15, 0.2) is 0 Å². The predicted octanol–water partition coefficient (Wildman–Crippen LogP) is 4.94. The van der Waals surface area contributed by atoms with Crippen LogP contribution >= 0.6 is 11.3 Å². The standard InChI is InChI=1S/C28H23FN6O4S2/c1-39-23-10-13-25-26(18-23)40-28(33-25)35(32-19-20-4-8-22(29)9-5-20)27(36)21-6-11-24(12-7-21)41(37,38)34(16-2-14-30)17-3-15-31/h4-13,18-19H,2-3,16-17H2,1H3/b32-19+. The van der Waals surface area contributed by atoms with Gasteiger partial charge in [-0.25, -0.2) is 17.8 Å². The maximum Gasteiger partial charge on any atom is 0.280 e. The highest BCUT2D eigenvalue weighted by molar-refractivity contribution is 7.89. The molecule has 0 aliphatic rings. The van der Waals surface area contributed by atoms with Crippen LogP contribution in [0.25, 0.3) is 10.2 Å². The number of sulfonamides is 1. The third kappa shape index (κ3) is 6.91. The number of nitriles is 2. The van der Waals surface area contributed by atoms with Crippen LogP contribution in [0, 0.1) is 28.5 Å². The molecule has 4 rings (SSSR count). The number of halogens is 1. The van der Waals surface area contributed by atoms with E-state index in [1.54, 1.807) is 25.3 Å². The molecule has 1 heterocycles. The van der Waals surface area contributed by atoms with Gasteiger partial charge < -0.3 is 4.74 Å². The van der Waals surface area contributed by atoms with Crippen LogP contribution in [0.5, 0.6) is 5.75 Å². The van der Waals surface area contributed by atoms with Crippen molar-refractivity contribution in [2.75, 3.05) is 25.2 Å². The van der Waals surface area contributed by atoms with Crippen molar-refractivity contribution in [1.29, 1.82) is 10.5 Å². The highest BCUT2D eigenvalue weighted by Crippen LogP contribution is 2.32. The maximum atomic E-state index is 13.7. The summed E-state index contributed by atoms with van der Waals surface area (Å²) in [6, 6.07) is 20.0. The number of ether oxygens (including phenoxy) is 1. The third-order valence-electron chi connectivity index (χ3n) is 5.84. The number of thiazole rings is 1. The Morgan fingerprint density at radius 2 is 1.71 bits per heavy atom. The number of carbonyl (C=O) groups excluding carboxylic acids is 1. The molecule has 0 fully saturated rings. The van der Waals surface area contributed by atoms with Gasteiger partial charge in [-0.1, -0.05) is 23.5 Å². The Balaban J connectivity index is 1.68. The quantitative estimate of drug-likeness (QED) is 0.178. The highest BCUT2D eigenvalue weighted by Gasteiger charge is 2.26. The van der Waals surface area contributed by atoms with Gasteiger partial charge in [0.1, 0.15) is 11.6 Å². The highest BCUT2D eigenvalue weighted by atomic mass is 32.2. The average Bonchev–Trinajstić information content (AvgIpc) is 3.41. The number of rotatable bonds is 11.